The van der Waals surface area contributed by atoms with Crippen LogP contribution in [0.5, 0.6) is 0 Å². The molecule has 0 unspecified atom stereocenters. The molecule has 0 fully saturated rings. The van der Waals surface area contributed by atoms with Crippen molar-refractivity contribution >= 4 is 30.0 Å². The molecule has 3 aromatic carbocycles. The highest BCUT2D eigenvalue weighted by atomic mass is 32.2. The topological polar surface area (TPSA) is 72.2 Å². The molecule has 33 heavy (non-hydrogen) atoms. The number of hydrazone groups is 1. The average molecular weight is 454 g/mol. The number of hydrogen-bond donors (Lipinski definition) is 1. The van der Waals surface area contributed by atoms with Crippen LogP contribution in [-0.4, -0.2) is 32.6 Å². The smallest absolute Gasteiger partial charge is 0.250 e. The molecule has 1 aromatic heterocycles. The minimum absolute atomic E-state index is 0.165. The van der Waals surface area contributed by atoms with E-state index in [4.69, 9.17) is 0 Å². The fraction of sp³-hybridized carbons (Fsp3) is 0.0769. The first-order valence-electron chi connectivity index (χ1n) is 10.4. The van der Waals surface area contributed by atoms with Gasteiger partial charge in [-0.15, -0.1) is 10.2 Å². The third kappa shape index (κ3) is 6.05. The van der Waals surface area contributed by atoms with Gasteiger partial charge in [0, 0.05) is 11.3 Å². The summed E-state index contributed by atoms with van der Waals surface area (Å²) in [5.41, 5.74) is 6.48. The number of aromatic nitrogens is 3. The number of thioether (sulfide) groups is 1. The van der Waals surface area contributed by atoms with Crippen LogP contribution >= 0.6 is 11.8 Å². The summed E-state index contributed by atoms with van der Waals surface area (Å²) in [5, 5.41) is 13.4. The Morgan fingerprint density at radius 3 is 2.27 bits per heavy atom. The third-order valence-corrected chi connectivity index (χ3v) is 5.59. The first-order valence-corrected chi connectivity index (χ1v) is 11.4. The molecule has 164 valence electrons. The number of amides is 1. The SMILES string of the molecule is CC(/C=N/NC(=O)CSc1nnc(-c2ccccc2)n1-c1ccccc1)=C\c1ccccc1. The van der Waals surface area contributed by atoms with Crippen molar-refractivity contribution in [1.82, 2.24) is 20.2 Å². The van der Waals surface area contributed by atoms with Crippen LogP contribution in [-0.2, 0) is 4.79 Å². The number of rotatable bonds is 8. The summed E-state index contributed by atoms with van der Waals surface area (Å²) in [6, 6.07) is 29.7. The highest BCUT2D eigenvalue weighted by Gasteiger charge is 2.16. The Morgan fingerprint density at radius 2 is 1.58 bits per heavy atom. The molecule has 0 aliphatic carbocycles. The number of nitrogens with zero attached hydrogens (tertiary/aromatic N) is 4. The molecule has 0 saturated heterocycles. The first-order chi connectivity index (χ1) is 16.2. The van der Waals surface area contributed by atoms with Crippen LogP contribution in [0, 0.1) is 0 Å². The summed E-state index contributed by atoms with van der Waals surface area (Å²) in [4.78, 5) is 12.4. The van der Waals surface area contributed by atoms with Crippen LogP contribution in [0.3, 0.4) is 0 Å². The number of nitrogens with one attached hydrogen (secondary N) is 1. The zero-order chi connectivity index (χ0) is 22.9. The van der Waals surface area contributed by atoms with E-state index in [1.807, 2.05) is 109 Å². The predicted molar refractivity (Wildman–Crippen MR) is 134 cm³/mol. The van der Waals surface area contributed by atoms with E-state index in [2.05, 4.69) is 20.7 Å². The van der Waals surface area contributed by atoms with Crippen molar-refractivity contribution in [3.63, 3.8) is 0 Å². The Kier molecular flexibility index (Phi) is 7.45. The Balaban J connectivity index is 1.43. The maximum Gasteiger partial charge on any atom is 0.250 e. The van der Waals surface area contributed by atoms with Crippen molar-refractivity contribution in [2.24, 2.45) is 5.10 Å². The molecule has 1 amide bonds. The Labute approximate surface area is 197 Å². The normalized spacial score (nSPS) is 11.6. The average Bonchev–Trinajstić information content (AvgIpc) is 3.28. The Morgan fingerprint density at radius 1 is 0.939 bits per heavy atom. The van der Waals surface area contributed by atoms with E-state index in [1.165, 1.54) is 11.8 Å². The number of para-hydroxylation sites is 1. The van der Waals surface area contributed by atoms with Crippen molar-refractivity contribution < 1.29 is 4.79 Å². The van der Waals surface area contributed by atoms with Crippen LogP contribution in [0.4, 0.5) is 0 Å². The molecule has 0 saturated carbocycles. The summed E-state index contributed by atoms with van der Waals surface area (Å²) in [6.45, 7) is 1.94. The second kappa shape index (κ2) is 11.1. The van der Waals surface area contributed by atoms with Crippen molar-refractivity contribution in [3.8, 4) is 17.1 Å². The number of hydrogen-bond acceptors (Lipinski definition) is 5. The zero-order valence-electron chi connectivity index (χ0n) is 18.1. The summed E-state index contributed by atoms with van der Waals surface area (Å²) in [5.74, 6) is 0.676. The van der Waals surface area contributed by atoms with E-state index in [-0.39, 0.29) is 11.7 Å². The largest absolute Gasteiger partial charge is 0.272 e. The van der Waals surface area contributed by atoms with Crippen LogP contribution in [0.15, 0.2) is 107 Å². The predicted octanol–water partition coefficient (Wildman–Crippen LogP) is 5.23. The lowest BCUT2D eigenvalue weighted by Crippen LogP contribution is -2.20. The minimum Gasteiger partial charge on any atom is -0.272 e. The van der Waals surface area contributed by atoms with E-state index < -0.39 is 0 Å². The van der Waals surface area contributed by atoms with E-state index in [0.29, 0.717) is 5.16 Å². The van der Waals surface area contributed by atoms with Gasteiger partial charge < -0.3 is 0 Å². The molecule has 1 heterocycles. The molecule has 0 aliphatic heterocycles. The van der Waals surface area contributed by atoms with Crippen molar-refractivity contribution in [2.45, 2.75) is 12.1 Å². The standard InChI is InChI=1S/C26H23N5OS/c1-20(17-21-11-5-2-6-12-21)18-27-28-24(32)19-33-26-30-29-25(22-13-7-3-8-14-22)31(26)23-15-9-4-10-16-23/h2-18H,19H2,1H3,(H,28,32)/b20-17+,27-18+. The molecule has 4 aromatic rings. The van der Waals surface area contributed by atoms with E-state index in [9.17, 15) is 4.79 Å². The third-order valence-electron chi connectivity index (χ3n) is 4.66. The highest BCUT2D eigenvalue weighted by molar-refractivity contribution is 7.99. The quantitative estimate of drug-likeness (QED) is 0.225. The molecule has 0 atom stereocenters. The van der Waals surface area contributed by atoms with Gasteiger partial charge in [-0.1, -0.05) is 96.7 Å². The zero-order valence-corrected chi connectivity index (χ0v) is 18.9. The molecule has 0 radical (unpaired) electrons. The molecule has 7 heteroatoms. The highest BCUT2D eigenvalue weighted by Crippen LogP contribution is 2.27. The van der Waals surface area contributed by atoms with Gasteiger partial charge in [-0.25, -0.2) is 5.43 Å². The van der Waals surface area contributed by atoms with Gasteiger partial charge >= 0.3 is 0 Å². The van der Waals surface area contributed by atoms with Crippen LogP contribution in [0.2, 0.25) is 0 Å². The molecule has 0 aliphatic rings. The van der Waals surface area contributed by atoms with Gasteiger partial charge in [-0.05, 0) is 30.2 Å². The lowest BCUT2D eigenvalue weighted by molar-refractivity contribution is -0.118. The number of carbonyl (C=O) groups excluding carboxylic acids is 1. The molecule has 0 spiro atoms. The lowest BCUT2D eigenvalue weighted by atomic mass is 10.1. The van der Waals surface area contributed by atoms with Crippen molar-refractivity contribution in [3.05, 3.63) is 102 Å². The molecule has 1 N–H and O–H groups in total. The summed E-state index contributed by atoms with van der Waals surface area (Å²) >= 11 is 1.32. The van der Waals surface area contributed by atoms with Crippen molar-refractivity contribution in [1.29, 1.82) is 0 Å². The number of allylic oxidation sites excluding steroid dienone is 1. The van der Waals surface area contributed by atoms with Crippen LogP contribution in [0.1, 0.15) is 12.5 Å². The maximum absolute atomic E-state index is 12.4. The minimum atomic E-state index is -0.215. The fourth-order valence-corrected chi connectivity index (χ4v) is 3.91. The molecular weight excluding hydrogens is 430 g/mol. The summed E-state index contributed by atoms with van der Waals surface area (Å²) in [6.07, 6.45) is 3.63. The first kappa shape index (κ1) is 22.2. The second-order valence-electron chi connectivity index (χ2n) is 7.22. The van der Waals surface area contributed by atoms with E-state index in [0.717, 1.165) is 28.2 Å². The second-order valence-corrected chi connectivity index (χ2v) is 8.17. The van der Waals surface area contributed by atoms with Gasteiger partial charge in [0.2, 0.25) is 0 Å². The molecule has 4 rings (SSSR count). The van der Waals surface area contributed by atoms with Gasteiger partial charge in [0.25, 0.3) is 5.91 Å². The van der Waals surface area contributed by atoms with Gasteiger partial charge in [0.05, 0.1) is 12.0 Å². The monoisotopic (exact) mass is 453 g/mol. The van der Waals surface area contributed by atoms with Crippen LogP contribution < -0.4 is 5.43 Å². The molecule has 6 nitrogen and oxygen atoms in total. The molecular formula is C26H23N5OS. The Bertz CT molecular complexity index is 1250. The fourth-order valence-electron chi connectivity index (χ4n) is 3.17. The number of benzene rings is 3. The number of carbonyl (C=O) groups is 1. The van der Waals surface area contributed by atoms with E-state index in [1.54, 1.807) is 6.21 Å². The molecule has 0 bridgehead atoms. The van der Waals surface area contributed by atoms with E-state index >= 15 is 0 Å². The lowest BCUT2D eigenvalue weighted by Gasteiger charge is -2.10. The summed E-state index contributed by atoms with van der Waals surface area (Å²) < 4.78 is 1.96. The maximum atomic E-state index is 12.4. The van der Waals surface area contributed by atoms with Crippen molar-refractivity contribution in [2.75, 3.05) is 5.75 Å². The van der Waals surface area contributed by atoms with Crippen LogP contribution in [0.25, 0.3) is 23.2 Å². The van der Waals surface area contributed by atoms with Gasteiger partial charge in [0.1, 0.15) is 0 Å². The van der Waals surface area contributed by atoms with Gasteiger partial charge in [-0.2, -0.15) is 5.10 Å². The van der Waals surface area contributed by atoms with Gasteiger partial charge in [0.15, 0.2) is 11.0 Å². The van der Waals surface area contributed by atoms with Gasteiger partial charge in [-0.3, -0.25) is 9.36 Å². The summed E-state index contributed by atoms with van der Waals surface area (Å²) in [7, 11) is 0. The Hall–Kier alpha value is -3.97.